The lowest BCUT2D eigenvalue weighted by molar-refractivity contribution is -0.132. The first-order chi connectivity index (χ1) is 5.68. The Bertz CT molecular complexity index is 103. The van der Waals surface area contributed by atoms with E-state index in [1.807, 2.05) is 0 Å². The Morgan fingerprint density at radius 3 is 1.83 bits per heavy atom. The van der Waals surface area contributed by atoms with Crippen LogP contribution in [0.1, 0.15) is 39.5 Å². The van der Waals surface area contributed by atoms with E-state index in [-0.39, 0.29) is 0 Å². The smallest absolute Gasteiger partial charge is 0.258 e. The standard InChI is InChI=1S/C8H20NPS2/c1-3-5-7-10(11,12-9)8-6-4-2/h3-9H2,1-2H3/q+1/p+1. The molecule has 4 heteroatoms. The fourth-order valence-corrected chi connectivity index (χ4v) is 5.44. The van der Waals surface area contributed by atoms with Crippen LogP contribution in [0.4, 0.5) is 0 Å². The Morgan fingerprint density at radius 2 is 1.58 bits per heavy atom. The lowest BCUT2D eigenvalue weighted by Gasteiger charge is -2.11. The second-order valence-electron chi connectivity index (χ2n) is 3.10. The summed E-state index contributed by atoms with van der Waals surface area (Å²) in [5.41, 5.74) is -1.09. The van der Waals surface area contributed by atoms with E-state index in [0.717, 1.165) is 0 Å². The van der Waals surface area contributed by atoms with Gasteiger partial charge >= 0.3 is 0 Å². The van der Waals surface area contributed by atoms with Crippen LogP contribution in [-0.4, -0.2) is 12.3 Å². The minimum absolute atomic E-state index is 1.09. The van der Waals surface area contributed by atoms with Crippen LogP contribution in [0, 0.1) is 0 Å². The van der Waals surface area contributed by atoms with Gasteiger partial charge in [0, 0.05) is 0 Å². The molecule has 0 atom stereocenters. The molecule has 0 bridgehead atoms. The molecular weight excluding hydrogens is 205 g/mol. The molecule has 0 unspecified atom stereocenters. The molecule has 0 aromatic heterocycles. The van der Waals surface area contributed by atoms with Crippen LogP contribution in [0.25, 0.3) is 0 Å². The van der Waals surface area contributed by atoms with Gasteiger partial charge in [0.25, 0.3) is 11.6 Å². The van der Waals surface area contributed by atoms with E-state index in [1.165, 1.54) is 38.0 Å². The molecule has 0 heterocycles. The highest BCUT2D eigenvalue weighted by atomic mass is 33.1. The SMILES string of the molecule is CCCC[P+]([S])(CCCC)S[NH3+]. The predicted molar refractivity (Wildman–Crippen MR) is 64.5 cm³/mol. The predicted octanol–water partition coefficient (Wildman–Crippen LogP) is 3.52. The quantitative estimate of drug-likeness (QED) is 0.522. The zero-order valence-corrected chi connectivity index (χ0v) is 10.7. The van der Waals surface area contributed by atoms with E-state index in [2.05, 4.69) is 19.0 Å². The number of rotatable bonds is 7. The van der Waals surface area contributed by atoms with Gasteiger partial charge in [0.05, 0.1) is 12.3 Å². The molecule has 1 nitrogen and oxygen atoms in total. The molecule has 0 aliphatic heterocycles. The lowest BCUT2D eigenvalue weighted by Crippen LogP contribution is -2.36. The second-order valence-corrected chi connectivity index (χ2v) is 11.5. The fourth-order valence-electron chi connectivity index (χ4n) is 1.04. The number of unbranched alkanes of at least 4 members (excludes halogenated alkanes) is 2. The molecule has 0 saturated carbocycles. The topological polar surface area (TPSA) is 27.6 Å². The Balaban J connectivity index is 3.70. The van der Waals surface area contributed by atoms with E-state index in [0.29, 0.717) is 0 Å². The number of hydrogen-bond donors (Lipinski definition) is 1. The Labute approximate surface area is 86.6 Å². The summed E-state index contributed by atoms with van der Waals surface area (Å²) >= 11 is 7.37. The van der Waals surface area contributed by atoms with Crippen molar-refractivity contribution < 1.29 is 5.14 Å². The van der Waals surface area contributed by atoms with Crippen LogP contribution in [0.15, 0.2) is 0 Å². The van der Waals surface area contributed by atoms with Gasteiger partial charge in [-0.15, -0.1) is 0 Å². The molecule has 0 aromatic rings. The summed E-state index contributed by atoms with van der Waals surface area (Å²) in [4.78, 5) is 0. The molecule has 0 aromatic carbocycles. The average Bonchev–Trinajstić information content (AvgIpc) is 2.11. The second kappa shape index (κ2) is 7.49. The minimum Gasteiger partial charge on any atom is -0.261 e. The van der Waals surface area contributed by atoms with Gasteiger partial charge in [-0.1, -0.05) is 26.7 Å². The van der Waals surface area contributed by atoms with Crippen molar-refractivity contribution in [2.75, 3.05) is 12.3 Å². The zero-order valence-electron chi connectivity index (χ0n) is 8.21. The van der Waals surface area contributed by atoms with Crippen molar-refractivity contribution in [1.82, 2.24) is 0 Å². The van der Waals surface area contributed by atoms with Crippen LogP contribution in [-0.2, 0) is 0 Å². The van der Waals surface area contributed by atoms with Gasteiger partial charge < -0.3 is 0 Å². The summed E-state index contributed by atoms with van der Waals surface area (Å²) in [7, 11) is 0. The van der Waals surface area contributed by atoms with Crippen LogP contribution in [0.5, 0.6) is 0 Å². The van der Waals surface area contributed by atoms with Crippen molar-refractivity contribution >= 4 is 29.5 Å². The summed E-state index contributed by atoms with van der Waals surface area (Å²) in [5, 5.41) is 3.93. The molecule has 3 N–H and O–H groups in total. The maximum atomic E-state index is 5.65. The molecule has 0 rings (SSSR count). The Kier molecular flexibility index (Phi) is 8.17. The molecule has 1 radical (unpaired) electrons. The summed E-state index contributed by atoms with van der Waals surface area (Å²) in [5.74, 6) is 0. The largest absolute Gasteiger partial charge is 0.261 e. The van der Waals surface area contributed by atoms with Crippen LogP contribution in [0.2, 0.25) is 0 Å². The maximum Gasteiger partial charge on any atom is 0.258 e. The monoisotopic (exact) mass is 226 g/mol. The highest BCUT2D eigenvalue weighted by Gasteiger charge is 2.38. The van der Waals surface area contributed by atoms with Gasteiger partial charge in [0.2, 0.25) is 5.67 Å². The van der Waals surface area contributed by atoms with Gasteiger partial charge in [-0.2, -0.15) is 0 Å². The van der Waals surface area contributed by atoms with Crippen molar-refractivity contribution in [3.63, 3.8) is 0 Å². The number of hydrogen-bond acceptors (Lipinski definition) is 1. The Hall–Kier alpha value is 1.09. The van der Waals surface area contributed by atoms with E-state index in [4.69, 9.17) is 12.2 Å². The number of quaternary nitrogens is 1. The summed E-state index contributed by atoms with van der Waals surface area (Å²) in [6.07, 6.45) is 7.64. The summed E-state index contributed by atoms with van der Waals surface area (Å²) in [6, 6.07) is 0. The summed E-state index contributed by atoms with van der Waals surface area (Å²) in [6.45, 7) is 4.46. The molecule has 12 heavy (non-hydrogen) atoms. The molecule has 0 amide bonds. The van der Waals surface area contributed by atoms with Gasteiger partial charge in [0.15, 0.2) is 0 Å². The molecule has 0 fully saturated rings. The van der Waals surface area contributed by atoms with Crippen molar-refractivity contribution in [3.8, 4) is 0 Å². The highest BCUT2D eigenvalue weighted by molar-refractivity contribution is 8.88. The first-order valence-electron chi connectivity index (χ1n) is 4.70. The van der Waals surface area contributed by atoms with Gasteiger partial charge in [-0.25, -0.2) is 0 Å². The van der Waals surface area contributed by atoms with E-state index < -0.39 is 5.67 Å². The molecule has 0 saturated heterocycles. The third-order valence-corrected chi connectivity index (χ3v) is 8.96. The Morgan fingerprint density at radius 1 is 1.17 bits per heavy atom. The van der Waals surface area contributed by atoms with Crippen molar-refractivity contribution in [3.05, 3.63) is 0 Å². The normalized spacial score (nSPS) is 12.0. The van der Waals surface area contributed by atoms with E-state index in [9.17, 15) is 0 Å². The van der Waals surface area contributed by atoms with Crippen LogP contribution >= 0.6 is 29.5 Å². The average molecular weight is 226 g/mol. The first kappa shape index (κ1) is 13.1. The van der Waals surface area contributed by atoms with Gasteiger partial charge in [-0.3, -0.25) is 5.14 Å². The third kappa shape index (κ3) is 5.69. The first-order valence-corrected chi connectivity index (χ1v) is 9.46. The molecule has 0 aliphatic carbocycles. The van der Waals surface area contributed by atoms with Crippen LogP contribution < -0.4 is 5.14 Å². The summed E-state index contributed by atoms with van der Waals surface area (Å²) < 4.78 is 0. The van der Waals surface area contributed by atoms with E-state index >= 15 is 0 Å². The lowest BCUT2D eigenvalue weighted by atomic mass is 10.4. The molecule has 73 valence electrons. The molecular formula is C8H21NPS2+2. The van der Waals surface area contributed by atoms with Crippen molar-refractivity contribution in [2.24, 2.45) is 0 Å². The van der Waals surface area contributed by atoms with Gasteiger partial charge in [0.1, 0.15) is 12.2 Å². The molecule has 0 aliphatic rings. The minimum atomic E-state index is -1.09. The van der Waals surface area contributed by atoms with Crippen molar-refractivity contribution in [2.45, 2.75) is 39.5 Å². The van der Waals surface area contributed by atoms with Crippen molar-refractivity contribution in [1.29, 1.82) is 0 Å². The van der Waals surface area contributed by atoms with Gasteiger partial charge in [-0.05, 0) is 12.8 Å². The van der Waals surface area contributed by atoms with Crippen LogP contribution in [0.3, 0.4) is 0 Å². The van der Waals surface area contributed by atoms with E-state index in [1.54, 1.807) is 11.6 Å². The zero-order chi connectivity index (χ0) is 9.45. The fraction of sp³-hybridized carbons (Fsp3) is 1.00. The maximum absolute atomic E-state index is 5.65. The third-order valence-electron chi connectivity index (χ3n) is 1.94. The highest BCUT2D eigenvalue weighted by Crippen LogP contribution is 2.71. The molecule has 0 spiro atoms.